The molecule has 2 atom stereocenters. The van der Waals surface area contributed by atoms with Crippen LogP contribution >= 0.6 is 0 Å². The van der Waals surface area contributed by atoms with E-state index in [1.807, 2.05) is 72.8 Å². The van der Waals surface area contributed by atoms with Crippen molar-refractivity contribution in [3.05, 3.63) is 119 Å². The van der Waals surface area contributed by atoms with Gasteiger partial charge < -0.3 is 23.7 Å². The van der Waals surface area contributed by atoms with Gasteiger partial charge in [0.25, 0.3) is 0 Å². The molecular formula is C34H34O6. The maximum atomic E-state index is 13.0. The molecular weight excluding hydrogens is 504 g/mol. The van der Waals surface area contributed by atoms with Crippen LogP contribution in [0.1, 0.15) is 29.1 Å². The molecule has 6 nitrogen and oxygen atoms in total. The Labute approximate surface area is 242 Å². The molecule has 1 aliphatic heterocycles. The lowest BCUT2D eigenvalue weighted by Crippen LogP contribution is -2.20. The van der Waals surface area contributed by atoms with E-state index in [1.165, 1.54) is 18.2 Å². The summed E-state index contributed by atoms with van der Waals surface area (Å²) in [6, 6.07) is 28.8. The van der Waals surface area contributed by atoms with Gasteiger partial charge in [-0.1, -0.05) is 72.8 Å². The van der Waals surface area contributed by atoms with E-state index >= 15 is 0 Å². The summed E-state index contributed by atoms with van der Waals surface area (Å²) in [7, 11) is -1.26. The number of ether oxygens (including phenoxy) is 5. The second-order valence-corrected chi connectivity index (χ2v) is 9.51. The third-order valence-corrected chi connectivity index (χ3v) is 6.74. The molecule has 0 bridgehead atoms. The number of rotatable bonds is 12. The molecule has 0 amide bonds. The van der Waals surface area contributed by atoms with Gasteiger partial charge in [-0.25, -0.2) is 0 Å². The Bertz CT molecular complexity index is 1590. The van der Waals surface area contributed by atoms with Crippen molar-refractivity contribution in [3.8, 4) is 23.0 Å². The van der Waals surface area contributed by atoms with Crippen LogP contribution in [0.4, 0.5) is 0 Å². The highest BCUT2D eigenvalue weighted by Crippen LogP contribution is 2.35. The van der Waals surface area contributed by atoms with E-state index in [0.717, 1.165) is 16.7 Å². The molecule has 4 aromatic carbocycles. The summed E-state index contributed by atoms with van der Waals surface area (Å²) in [6.07, 6.45) is -1.88. The molecule has 4 aromatic rings. The highest BCUT2D eigenvalue weighted by atomic mass is 16.5. The van der Waals surface area contributed by atoms with Crippen molar-refractivity contribution in [2.45, 2.75) is 26.0 Å². The van der Waals surface area contributed by atoms with Crippen molar-refractivity contribution >= 4 is 5.97 Å². The molecule has 0 radical (unpaired) electrons. The van der Waals surface area contributed by atoms with Crippen molar-refractivity contribution in [2.24, 2.45) is 11.8 Å². The molecule has 1 saturated heterocycles. The van der Waals surface area contributed by atoms with Gasteiger partial charge in [-0.2, -0.15) is 0 Å². The molecule has 206 valence electrons. The fraction of sp³-hybridized carbons (Fsp3) is 0.265. The summed E-state index contributed by atoms with van der Waals surface area (Å²) in [5, 5.41) is 0. The topological polar surface area (TPSA) is 63.2 Å². The van der Waals surface area contributed by atoms with Gasteiger partial charge in [0, 0.05) is 8.66 Å². The van der Waals surface area contributed by atoms with Gasteiger partial charge in [-0.15, -0.1) is 0 Å². The Morgan fingerprint density at radius 2 is 1.32 bits per heavy atom. The van der Waals surface area contributed by atoms with Gasteiger partial charge in [0.15, 0.2) is 23.0 Å². The average Bonchev–Trinajstić information content (AvgIpc) is 3.40. The van der Waals surface area contributed by atoms with Crippen LogP contribution in [-0.4, -0.2) is 26.7 Å². The van der Waals surface area contributed by atoms with E-state index in [9.17, 15) is 4.79 Å². The first-order valence-corrected chi connectivity index (χ1v) is 13.0. The molecule has 1 fully saturated rings. The third-order valence-electron chi connectivity index (χ3n) is 6.74. The lowest BCUT2D eigenvalue weighted by molar-refractivity contribution is -0.141. The lowest BCUT2D eigenvalue weighted by atomic mass is 9.85. The predicted octanol–water partition coefficient (Wildman–Crippen LogP) is 6.44. The zero-order chi connectivity index (χ0) is 32.0. The maximum absolute atomic E-state index is 13.0. The van der Waals surface area contributed by atoms with Gasteiger partial charge in [-0.05, 0) is 59.3 Å². The molecule has 0 saturated carbocycles. The normalized spacial score (nSPS) is 18.8. The molecule has 40 heavy (non-hydrogen) atoms. The number of carbonyl (C=O) groups is 1. The van der Waals surface area contributed by atoms with Crippen molar-refractivity contribution < 1.29 is 35.3 Å². The Kier molecular flexibility index (Phi) is 6.99. The standard InChI is InChI=1S/C34H34O6/c1-36-32-19-26(13-15-30(32)38-21-24-9-5-3-6-10-24)17-28-23-40-34(35)29(28)18-27-14-16-31(33(20-27)37-2)39-22-25-11-7-4-8-12-25/h3-16,19-20,28-29H,17-18,21-23H2,1-2H3/i2D3,18D2. The van der Waals surface area contributed by atoms with E-state index in [2.05, 4.69) is 0 Å². The van der Waals surface area contributed by atoms with Crippen LogP contribution in [-0.2, 0) is 35.5 Å². The summed E-state index contributed by atoms with van der Waals surface area (Å²) in [5.41, 5.74) is 2.77. The zero-order valence-electron chi connectivity index (χ0n) is 27.2. The maximum Gasteiger partial charge on any atom is 0.309 e. The second kappa shape index (κ2) is 13.1. The number of benzene rings is 4. The van der Waals surface area contributed by atoms with Crippen molar-refractivity contribution in [2.75, 3.05) is 20.8 Å². The number of hydrogen-bond donors (Lipinski definition) is 0. The number of methoxy groups -OCH3 is 2. The fourth-order valence-electron chi connectivity index (χ4n) is 4.63. The Morgan fingerprint density at radius 1 is 0.750 bits per heavy atom. The molecule has 5 rings (SSSR count). The van der Waals surface area contributed by atoms with Crippen LogP contribution in [0, 0.1) is 11.8 Å². The number of carbonyl (C=O) groups excluding carboxylic acids is 1. The number of hydrogen-bond acceptors (Lipinski definition) is 6. The zero-order valence-corrected chi connectivity index (χ0v) is 22.2. The predicted molar refractivity (Wildman–Crippen MR) is 153 cm³/mol. The van der Waals surface area contributed by atoms with Crippen LogP contribution in [0.15, 0.2) is 97.1 Å². The molecule has 0 N–H and O–H groups in total. The van der Waals surface area contributed by atoms with Gasteiger partial charge in [0.05, 0.1) is 30.8 Å². The Hall–Kier alpha value is -4.45. The summed E-state index contributed by atoms with van der Waals surface area (Å²) in [6.45, 7) is 0.558. The summed E-state index contributed by atoms with van der Waals surface area (Å²) >= 11 is 0. The quantitative estimate of drug-likeness (QED) is 0.192. The first kappa shape index (κ1) is 21.4. The minimum Gasteiger partial charge on any atom is -0.493 e. The molecule has 0 aliphatic carbocycles. The second-order valence-electron chi connectivity index (χ2n) is 9.51. The van der Waals surface area contributed by atoms with E-state index in [1.54, 1.807) is 13.2 Å². The van der Waals surface area contributed by atoms with Crippen LogP contribution in [0.25, 0.3) is 0 Å². The monoisotopic (exact) mass is 543 g/mol. The number of cyclic esters (lactones) is 1. The third kappa shape index (κ3) is 6.75. The van der Waals surface area contributed by atoms with Gasteiger partial charge in [0.2, 0.25) is 0 Å². The molecule has 0 aromatic heterocycles. The van der Waals surface area contributed by atoms with E-state index in [4.69, 9.17) is 30.5 Å². The first-order chi connectivity index (χ1) is 21.5. The average molecular weight is 544 g/mol. The van der Waals surface area contributed by atoms with E-state index in [0.29, 0.717) is 24.5 Å². The fourth-order valence-corrected chi connectivity index (χ4v) is 4.63. The molecule has 2 unspecified atom stereocenters. The smallest absolute Gasteiger partial charge is 0.309 e. The van der Waals surface area contributed by atoms with Crippen molar-refractivity contribution in [1.29, 1.82) is 0 Å². The van der Waals surface area contributed by atoms with E-state index < -0.39 is 31.2 Å². The Morgan fingerprint density at radius 3 is 1.93 bits per heavy atom. The Balaban J connectivity index is 1.35. The SMILES string of the molecule is [2H]C([2H])([2H])Oc1cc(C([2H])([2H])C2C(=O)OCC2Cc2ccc(OCc3ccccc3)c(OC)c2)ccc1OCc1ccccc1. The molecule has 6 heteroatoms. The molecule has 0 spiro atoms. The van der Waals surface area contributed by atoms with Crippen LogP contribution < -0.4 is 18.9 Å². The van der Waals surface area contributed by atoms with Crippen molar-refractivity contribution in [3.63, 3.8) is 0 Å². The van der Waals surface area contributed by atoms with Crippen LogP contribution in [0.3, 0.4) is 0 Å². The number of esters is 1. The van der Waals surface area contributed by atoms with E-state index in [-0.39, 0.29) is 30.3 Å². The minimum atomic E-state index is -2.80. The highest BCUT2D eigenvalue weighted by molar-refractivity contribution is 5.75. The lowest BCUT2D eigenvalue weighted by Gasteiger charge is -2.18. The summed E-state index contributed by atoms with van der Waals surface area (Å²) < 4.78 is 69.0. The van der Waals surface area contributed by atoms with Gasteiger partial charge >= 0.3 is 5.97 Å². The molecule has 1 aliphatic rings. The molecule has 1 heterocycles. The minimum absolute atomic E-state index is 0.0362. The summed E-state index contributed by atoms with van der Waals surface area (Å²) in [5.74, 6) is -1.25. The van der Waals surface area contributed by atoms with Crippen LogP contribution in [0.2, 0.25) is 0 Å². The summed E-state index contributed by atoms with van der Waals surface area (Å²) in [4.78, 5) is 13.0. The van der Waals surface area contributed by atoms with Crippen LogP contribution in [0.5, 0.6) is 23.0 Å². The van der Waals surface area contributed by atoms with Gasteiger partial charge in [0.1, 0.15) is 13.2 Å². The van der Waals surface area contributed by atoms with Crippen molar-refractivity contribution in [1.82, 2.24) is 0 Å². The highest BCUT2D eigenvalue weighted by Gasteiger charge is 2.37. The van der Waals surface area contributed by atoms with Gasteiger partial charge in [-0.3, -0.25) is 4.79 Å². The first-order valence-electron chi connectivity index (χ1n) is 15.5. The largest absolute Gasteiger partial charge is 0.493 e.